The first-order valence-corrected chi connectivity index (χ1v) is 14.6. The van der Waals surface area contributed by atoms with Gasteiger partial charge in [-0.15, -0.1) is 0 Å². The van der Waals surface area contributed by atoms with E-state index < -0.39 is 35.4 Å². The normalized spacial score (nSPS) is 11.5. The lowest BCUT2D eigenvalue weighted by Crippen LogP contribution is -2.42. The summed E-state index contributed by atoms with van der Waals surface area (Å²) in [7, 11) is 0. The van der Waals surface area contributed by atoms with Gasteiger partial charge < -0.3 is 19.9 Å². The smallest absolute Gasteiger partial charge is 0.343 e. The average Bonchev–Trinajstić information content (AvgIpc) is 3.00. The van der Waals surface area contributed by atoms with Crippen LogP contribution in [-0.2, 0) is 17.1 Å². The molecule has 0 aliphatic carbocycles. The predicted octanol–water partition coefficient (Wildman–Crippen LogP) is 7.82. The molecule has 7 nitrogen and oxygen atoms in total. The lowest BCUT2D eigenvalue weighted by Gasteiger charge is -2.18. The van der Waals surface area contributed by atoms with Crippen molar-refractivity contribution in [2.24, 2.45) is 0 Å². The number of carboxylic acid groups (broad SMARTS) is 1. The number of ether oxygens (including phenoxy) is 2. The number of aliphatic carboxylic acids is 1. The maximum Gasteiger partial charge on any atom is 0.343 e. The van der Waals surface area contributed by atoms with Crippen molar-refractivity contribution in [3.05, 3.63) is 95.1 Å². The zero-order valence-corrected chi connectivity index (χ0v) is 25.2. The molecule has 0 saturated carbocycles. The summed E-state index contributed by atoms with van der Waals surface area (Å²) < 4.78 is 39.0. The van der Waals surface area contributed by atoms with Crippen molar-refractivity contribution >= 4 is 17.8 Å². The second-order valence-corrected chi connectivity index (χ2v) is 9.82. The second-order valence-electron chi connectivity index (χ2n) is 9.82. The van der Waals surface area contributed by atoms with Crippen LogP contribution in [0.25, 0.3) is 0 Å². The van der Waals surface area contributed by atoms with Crippen LogP contribution in [0, 0.1) is 0 Å². The Bertz CT molecular complexity index is 1300. The van der Waals surface area contributed by atoms with E-state index in [9.17, 15) is 28.3 Å². The van der Waals surface area contributed by atoms with Crippen molar-refractivity contribution in [3.63, 3.8) is 0 Å². The highest BCUT2D eigenvalue weighted by atomic mass is 19.3. The van der Waals surface area contributed by atoms with Crippen LogP contribution in [0.4, 0.5) is 8.78 Å². The molecule has 43 heavy (non-hydrogen) atoms. The fourth-order valence-corrected chi connectivity index (χ4v) is 4.18. The molecule has 0 saturated heterocycles. The van der Waals surface area contributed by atoms with Crippen LogP contribution < -0.4 is 14.8 Å². The molecule has 232 valence electrons. The first kappa shape index (κ1) is 34.9. The number of nitrogens with one attached hydrogen (secondary N) is 1. The van der Waals surface area contributed by atoms with Crippen LogP contribution in [0.15, 0.2) is 72.8 Å². The van der Waals surface area contributed by atoms with Crippen molar-refractivity contribution in [3.8, 4) is 11.5 Å². The number of alkyl halides is 2. The highest BCUT2D eigenvalue weighted by Gasteiger charge is 2.31. The SMILES string of the molecule is CC.CCCCCCCOc1ccc(C(=O)Oc2ccc(CC(NC(=O)c3ccccc3C(C)(F)F)C(=O)O)cc2)cc1. The molecule has 0 heterocycles. The van der Waals surface area contributed by atoms with Gasteiger partial charge in [-0.05, 0) is 54.4 Å². The molecule has 1 amide bonds. The zero-order chi connectivity index (χ0) is 31.8. The van der Waals surface area contributed by atoms with Crippen LogP contribution in [0.5, 0.6) is 11.5 Å². The lowest BCUT2D eigenvalue weighted by molar-refractivity contribution is -0.139. The van der Waals surface area contributed by atoms with Crippen molar-refractivity contribution in [1.29, 1.82) is 0 Å². The van der Waals surface area contributed by atoms with Crippen LogP contribution >= 0.6 is 0 Å². The topological polar surface area (TPSA) is 102 Å². The number of carbonyl (C=O) groups excluding carboxylic acids is 2. The number of benzene rings is 3. The Morgan fingerprint density at radius 1 is 0.860 bits per heavy atom. The third kappa shape index (κ3) is 11.5. The molecule has 1 atom stereocenters. The number of carbonyl (C=O) groups is 3. The Hall–Kier alpha value is -4.27. The molecule has 9 heteroatoms. The minimum absolute atomic E-state index is 0.111. The number of halogens is 2. The Labute approximate surface area is 252 Å². The maximum absolute atomic E-state index is 13.9. The predicted molar refractivity (Wildman–Crippen MR) is 162 cm³/mol. The van der Waals surface area contributed by atoms with E-state index in [0.717, 1.165) is 18.9 Å². The zero-order valence-electron chi connectivity index (χ0n) is 25.2. The van der Waals surface area contributed by atoms with E-state index in [1.807, 2.05) is 13.8 Å². The molecule has 2 N–H and O–H groups in total. The van der Waals surface area contributed by atoms with Crippen LogP contribution in [0.3, 0.4) is 0 Å². The summed E-state index contributed by atoms with van der Waals surface area (Å²) in [5, 5.41) is 12.0. The summed E-state index contributed by atoms with van der Waals surface area (Å²) in [5.74, 6) is -5.15. The number of unbranched alkanes of at least 4 members (excludes halogenated alkanes) is 4. The number of amides is 1. The molecular weight excluding hydrogens is 556 g/mol. The van der Waals surface area contributed by atoms with E-state index in [-0.39, 0.29) is 17.7 Å². The summed E-state index contributed by atoms with van der Waals surface area (Å²) in [4.78, 5) is 37.0. The Morgan fingerprint density at radius 3 is 2.07 bits per heavy atom. The summed E-state index contributed by atoms with van der Waals surface area (Å²) in [6, 6.07) is 16.6. The van der Waals surface area contributed by atoms with Gasteiger partial charge in [0.15, 0.2) is 0 Å². The number of carboxylic acids is 1. The molecule has 0 radical (unpaired) electrons. The first-order chi connectivity index (χ1) is 20.6. The van der Waals surface area contributed by atoms with Gasteiger partial charge in [0.2, 0.25) is 0 Å². The van der Waals surface area contributed by atoms with Crippen molar-refractivity contribution in [2.75, 3.05) is 6.61 Å². The summed E-state index contributed by atoms with van der Waals surface area (Å²) >= 11 is 0. The lowest BCUT2D eigenvalue weighted by atomic mass is 10.0. The molecule has 0 aliphatic rings. The van der Waals surface area contributed by atoms with Gasteiger partial charge in [0, 0.05) is 24.5 Å². The van der Waals surface area contributed by atoms with Crippen LogP contribution in [0.2, 0.25) is 0 Å². The molecule has 0 bridgehead atoms. The minimum Gasteiger partial charge on any atom is -0.494 e. The number of rotatable bonds is 15. The molecule has 0 fully saturated rings. The molecular formula is C34H41F2NO6. The van der Waals surface area contributed by atoms with E-state index in [0.29, 0.717) is 30.4 Å². The van der Waals surface area contributed by atoms with E-state index in [4.69, 9.17) is 9.47 Å². The molecule has 3 rings (SSSR count). The van der Waals surface area contributed by atoms with Gasteiger partial charge >= 0.3 is 11.9 Å². The van der Waals surface area contributed by atoms with Gasteiger partial charge in [-0.25, -0.2) is 18.4 Å². The largest absolute Gasteiger partial charge is 0.494 e. The van der Waals surface area contributed by atoms with Gasteiger partial charge in [0.1, 0.15) is 17.5 Å². The van der Waals surface area contributed by atoms with E-state index >= 15 is 0 Å². The highest BCUT2D eigenvalue weighted by Crippen LogP contribution is 2.30. The molecule has 3 aromatic rings. The maximum atomic E-state index is 13.9. The standard InChI is InChI=1S/C32H35F2NO6.C2H6/c1-3-4-5-6-9-20-40-24-18-14-23(15-19-24)31(39)41-25-16-12-22(13-17-25)21-28(30(37)38)35-29(36)26-10-7-8-11-27(26)32(2,33)34;1-2/h7-8,10-19,28H,3-6,9,20-21H2,1-2H3,(H,35,36)(H,37,38);1-2H3. The fourth-order valence-electron chi connectivity index (χ4n) is 4.18. The average molecular weight is 598 g/mol. The van der Waals surface area contributed by atoms with E-state index in [2.05, 4.69) is 12.2 Å². The highest BCUT2D eigenvalue weighted by molar-refractivity contribution is 5.98. The van der Waals surface area contributed by atoms with E-state index in [1.54, 1.807) is 36.4 Å². The third-order valence-corrected chi connectivity index (χ3v) is 6.43. The quantitative estimate of drug-likeness (QED) is 0.105. The second kappa shape index (κ2) is 17.6. The third-order valence-electron chi connectivity index (χ3n) is 6.43. The molecule has 3 aromatic carbocycles. The first-order valence-electron chi connectivity index (χ1n) is 14.6. The Morgan fingerprint density at radius 2 is 1.47 bits per heavy atom. The van der Waals surface area contributed by atoms with Crippen LogP contribution in [-0.4, -0.2) is 35.6 Å². The van der Waals surface area contributed by atoms with Gasteiger partial charge in [0.25, 0.3) is 11.8 Å². The molecule has 0 aliphatic heterocycles. The summed E-state index contributed by atoms with van der Waals surface area (Å²) in [5.41, 5.74) is 0.0852. The molecule has 0 spiro atoms. The summed E-state index contributed by atoms with van der Waals surface area (Å²) in [6.07, 6.45) is 5.60. The monoisotopic (exact) mass is 597 g/mol. The Balaban J connectivity index is 0.00000316. The van der Waals surface area contributed by atoms with Crippen molar-refractivity contribution in [1.82, 2.24) is 5.32 Å². The number of hydrogen-bond donors (Lipinski definition) is 2. The van der Waals surface area contributed by atoms with Crippen molar-refractivity contribution < 1.29 is 37.7 Å². The number of esters is 1. The van der Waals surface area contributed by atoms with Gasteiger partial charge in [-0.2, -0.15) is 0 Å². The van der Waals surface area contributed by atoms with Gasteiger partial charge in [-0.3, -0.25) is 4.79 Å². The van der Waals surface area contributed by atoms with Gasteiger partial charge in [-0.1, -0.05) is 76.8 Å². The molecule has 0 aromatic heterocycles. The van der Waals surface area contributed by atoms with Gasteiger partial charge in [0.05, 0.1) is 12.2 Å². The Kier molecular flexibility index (Phi) is 14.3. The fraction of sp³-hybridized carbons (Fsp3) is 0.382. The van der Waals surface area contributed by atoms with Crippen molar-refractivity contribution in [2.45, 2.75) is 78.2 Å². The minimum atomic E-state index is -3.27. The van der Waals surface area contributed by atoms with E-state index in [1.165, 1.54) is 49.6 Å². The summed E-state index contributed by atoms with van der Waals surface area (Å²) in [6.45, 7) is 7.46. The number of hydrogen-bond acceptors (Lipinski definition) is 5. The molecule has 1 unspecified atom stereocenters. The van der Waals surface area contributed by atoms with Crippen LogP contribution in [0.1, 0.15) is 91.6 Å².